The molecule has 0 saturated carbocycles. The zero-order valence-corrected chi connectivity index (χ0v) is 23.1. The molecule has 0 aliphatic rings. The van der Waals surface area contributed by atoms with Gasteiger partial charge in [-0.1, -0.05) is 48.3 Å². The smallest absolute Gasteiger partial charge is 0.243 e. The van der Waals surface area contributed by atoms with Crippen LogP contribution in [0.2, 0.25) is 10.0 Å². The highest BCUT2D eigenvalue weighted by molar-refractivity contribution is 7.92. The minimum absolute atomic E-state index is 0.0484. The van der Waals surface area contributed by atoms with Crippen LogP contribution < -0.4 is 9.62 Å². The number of nitrogens with one attached hydrogen (secondary N) is 1. The lowest BCUT2D eigenvalue weighted by Gasteiger charge is -2.31. The van der Waals surface area contributed by atoms with E-state index in [-0.39, 0.29) is 49.5 Å². The maximum Gasteiger partial charge on any atom is 0.243 e. The molecule has 0 bridgehead atoms. The molecule has 11 heteroatoms. The van der Waals surface area contributed by atoms with Gasteiger partial charge in [0.05, 0.1) is 22.0 Å². The van der Waals surface area contributed by atoms with Crippen molar-refractivity contribution in [3.8, 4) is 0 Å². The van der Waals surface area contributed by atoms with Crippen LogP contribution in [-0.2, 0) is 26.2 Å². The van der Waals surface area contributed by atoms with E-state index in [1.165, 1.54) is 23.1 Å². The summed E-state index contributed by atoms with van der Waals surface area (Å²) in [5.41, 5.74) is 0.612. The molecule has 2 amide bonds. The SMILES string of the molecule is CCC(C(=O)NC(C)C)N(Cc1ccc(Cl)c(Cl)c1)C(=O)CCCN(c1ccccc1F)S(C)(=O)=O. The minimum Gasteiger partial charge on any atom is -0.352 e. The van der Waals surface area contributed by atoms with Crippen molar-refractivity contribution in [2.24, 2.45) is 0 Å². The van der Waals surface area contributed by atoms with E-state index < -0.39 is 21.9 Å². The van der Waals surface area contributed by atoms with Crippen molar-refractivity contribution < 1.29 is 22.4 Å². The average molecular weight is 561 g/mol. The van der Waals surface area contributed by atoms with Crippen molar-refractivity contribution in [1.29, 1.82) is 0 Å². The summed E-state index contributed by atoms with van der Waals surface area (Å²) >= 11 is 12.2. The van der Waals surface area contributed by atoms with Crippen molar-refractivity contribution in [3.63, 3.8) is 0 Å². The Morgan fingerprint density at radius 3 is 2.31 bits per heavy atom. The Hall–Kier alpha value is -2.36. The molecule has 1 atom stereocenters. The molecule has 1 N–H and O–H groups in total. The van der Waals surface area contributed by atoms with E-state index in [0.717, 1.165) is 10.6 Å². The van der Waals surface area contributed by atoms with Gasteiger partial charge in [0.25, 0.3) is 0 Å². The highest BCUT2D eigenvalue weighted by Crippen LogP contribution is 2.25. The highest BCUT2D eigenvalue weighted by Gasteiger charge is 2.29. The Labute approximate surface area is 222 Å². The molecule has 2 aromatic carbocycles. The highest BCUT2D eigenvalue weighted by atomic mass is 35.5. The summed E-state index contributed by atoms with van der Waals surface area (Å²) in [6.07, 6.45) is 1.44. The fourth-order valence-corrected chi connectivity index (χ4v) is 5.06. The Bertz CT molecular complexity index is 1180. The van der Waals surface area contributed by atoms with Gasteiger partial charge >= 0.3 is 0 Å². The summed E-state index contributed by atoms with van der Waals surface area (Å²) in [4.78, 5) is 27.7. The first-order valence-electron chi connectivity index (χ1n) is 11.6. The Morgan fingerprint density at radius 2 is 1.75 bits per heavy atom. The van der Waals surface area contributed by atoms with Crippen LogP contribution in [0.5, 0.6) is 0 Å². The molecule has 0 fully saturated rings. The zero-order chi connectivity index (χ0) is 27.0. The number of benzene rings is 2. The summed E-state index contributed by atoms with van der Waals surface area (Å²) < 4.78 is 39.9. The van der Waals surface area contributed by atoms with Gasteiger partial charge in [0.1, 0.15) is 11.9 Å². The molecular formula is C25H32Cl2FN3O4S. The Kier molecular flexibility index (Phi) is 11.0. The van der Waals surface area contributed by atoms with Gasteiger partial charge in [-0.3, -0.25) is 13.9 Å². The second kappa shape index (κ2) is 13.3. The van der Waals surface area contributed by atoms with Crippen LogP contribution in [0.3, 0.4) is 0 Å². The summed E-state index contributed by atoms with van der Waals surface area (Å²) in [6.45, 7) is 5.49. The maximum absolute atomic E-state index is 14.3. The molecular weight excluding hydrogens is 528 g/mol. The fourth-order valence-electron chi connectivity index (χ4n) is 3.77. The summed E-state index contributed by atoms with van der Waals surface area (Å²) in [7, 11) is -3.79. The molecule has 0 spiro atoms. The molecule has 1 unspecified atom stereocenters. The monoisotopic (exact) mass is 559 g/mol. The first-order chi connectivity index (χ1) is 16.8. The van der Waals surface area contributed by atoms with E-state index in [1.54, 1.807) is 24.3 Å². The van der Waals surface area contributed by atoms with E-state index in [4.69, 9.17) is 23.2 Å². The van der Waals surface area contributed by atoms with Crippen molar-refractivity contribution in [2.45, 2.75) is 58.7 Å². The second-order valence-corrected chi connectivity index (χ2v) is 11.5. The van der Waals surface area contributed by atoms with Gasteiger partial charge in [-0.25, -0.2) is 12.8 Å². The third kappa shape index (κ3) is 8.35. The zero-order valence-electron chi connectivity index (χ0n) is 20.8. The third-order valence-corrected chi connectivity index (χ3v) is 7.35. The summed E-state index contributed by atoms with van der Waals surface area (Å²) in [5.74, 6) is -1.30. The molecule has 2 rings (SSSR count). The van der Waals surface area contributed by atoms with Gasteiger partial charge < -0.3 is 10.2 Å². The number of carbonyl (C=O) groups is 2. The lowest BCUT2D eigenvalue weighted by atomic mass is 10.1. The van der Waals surface area contributed by atoms with E-state index in [1.807, 2.05) is 20.8 Å². The molecule has 0 radical (unpaired) electrons. The molecule has 0 saturated heterocycles. The number of anilines is 1. The normalized spacial score (nSPS) is 12.3. The number of sulfonamides is 1. The molecule has 0 aliphatic carbocycles. The molecule has 198 valence electrons. The second-order valence-electron chi connectivity index (χ2n) is 8.75. The molecule has 7 nitrogen and oxygen atoms in total. The lowest BCUT2D eigenvalue weighted by molar-refractivity contribution is -0.141. The summed E-state index contributed by atoms with van der Waals surface area (Å²) in [6, 6.07) is 9.69. The van der Waals surface area contributed by atoms with Crippen LogP contribution >= 0.6 is 23.2 Å². The van der Waals surface area contributed by atoms with E-state index in [0.29, 0.717) is 22.0 Å². The largest absolute Gasteiger partial charge is 0.352 e. The van der Waals surface area contributed by atoms with Crippen LogP contribution in [0.4, 0.5) is 10.1 Å². The topological polar surface area (TPSA) is 86.8 Å². The standard InChI is InChI=1S/C25H32Cl2FN3O4S/c1-5-22(25(33)29-17(2)3)30(16-18-12-13-19(26)20(27)15-18)24(32)11-8-14-31(36(4,34)35)23-10-7-6-9-21(23)28/h6-7,9-10,12-13,15,17,22H,5,8,11,14,16H2,1-4H3,(H,29,33). The van der Waals surface area contributed by atoms with Crippen LogP contribution in [0.25, 0.3) is 0 Å². The van der Waals surface area contributed by atoms with Gasteiger partial charge in [-0.2, -0.15) is 0 Å². The van der Waals surface area contributed by atoms with Gasteiger partial charge in [-0.05, 0) is 56.5 Å². The number of halogens is 3. The van der Waals surface area contributed by atoms with E-state index >= 15 is 0 Å². The fraction of sp³-hybridized carbons (Fsp3) is 0.440. The number of para-hydroxylation sites is 1. The number of hydrogen-bond acceptors (Lipinski definition) is 4. The number of amides is 2. The van der Waals surface area contributed by atoms with Crippen LogP contribution in [0.1, 0.15) is 45.6 Å². The van der Waals surface area contributed by atoms with Crippen molar-refractivity contribution >= 4 is 50.7 Å². The first-order valence-corrected chi connectivity index (χ1v) is 14.2. The number of rotatable bonds is 12. The molecule has 0 heterocycles. The maximum atomic E-state index is 14.3. The molecule has 2 aromatic rings. The Morgan fingerprint density at radius 1 is 1.08 bits per heavy atom. The molecule has 0 aliphatic heterocycles. The van der Waals surface area contributed by atoms with Crippen LogP contribution in [0.15, 0.2) is 42.5 Å². The number of hydrogen-bond donors (Lipinski definition) is 1. The number of carbonyl (C=O) groups excluding carboxylic acids is 2. The van der Waals surface area contributed by atoms with Gasteiger partial charge in [0.2, 0.25) is 21.8 Å². The number of nitrogens with zero attached hydrogens (tertiary/aromatic N) is 2. The lowest BCUT2D eigenvalue weighted by Crippen LogP contribution is -2.50. The summed E-state index contributed by atoms with van der Waals surface area (Å²) in [5, 5.41) is 3.55. The van der Waals surface area contributed by atoms with Crippen LogP contribution in [0, 0.1) is 5.82 Å². The first kappa shape index (κ1) is 29.9. The molecule has 0 aromatic heterocycles. The third-order valence-electron chi connectivity index (χ3n) is 5.43. The van der Waals surface area contributed by atoms with Crippen molar-refractivity contribution in [2.75, 3.05) is 17.1 Å². The predicted molar refractivity (Wildman–Crippen MR) is 142 cm³/mol. The van der Waals surface area contributed by atoms with Crippen LogP contribution in [-0.4, -0.2) is 50.0 Å². The van der Waals surface area contributed by atoms with Gasteiger partial charge in [0.15, 0.2) is 0 Å². The van der Waals surface area contributed by atoms with Crippen molar-refractivity contribution in [3.05, 3.63) is 63.9 Å². The Balaban J connectivity index is 2.26. The van der Waals surface area contributed by atoms with E-state index in [2.05, 4.69) is 5.32 Å². The van der Waals surface area contributed by atoms with E-state index in [9.17, 15) is 22.4 Å². The van der Waals surface area contributed by atoms with Crippen molar-refractivity contribution in [1.82, 2.24) is 10.2 Å². The van der Waals surface area contributed by atoms with Gasteiger partial charge in [-0.15, -0.1) is 0 Å². The quantitative estimate of drug-likeness (QED) is 0.396. The average Bonchev–Trinajstić information content (AvgIpc) is 2.78. The predicted octanol–water partition coefficient (Wildman–Crippen LogP) is 5.01. The van der Waals surface area contributed by atoms with Gasteiger partial charge in [0, 0.05) is 25.6 Å². The minimum atomic E-state index is -3.79. The molecule has 36 heavy (non-hydrogen) atoms.